The molecule has 0 unspecified atom stereocenters. The normalized spacial score (nSPS) is 11.4. The maximum atomic E-state index is 12.7. The van der Waals surface area contributed by atoms with Crippen LogP contribution < -0.4 is 10.5 Å². The highest BCUT2D eigenvalue weighted by Gasteiger charge is 2.08. The van der Waals surface area contributed by atoms with Gasteiger partial charge >= 0.3 is 0 Å². The summed E-state index contributed by atoms with van der Waals surface area (Å²) < 4.78 is 2.75. The Morgan fingerprint density at radius 2 is 1.84 bits per heavy atom. The average Bonchev–Trinajstić information content (AvgIpc) is 2.61. The molecule has 2 aromatic carbocycles. The van der Waals surface area contributed by atoms with Crippen LogP contribution in [0.3, 0.4) is 0 Å². The Kier molecular flexibility index (Phi) is 5.22. The van der Waals surface area contributed by atoms with Gasteiger partial charge in [0.05, 0.1) is 10.9 Å². The molecule has 0 aliphatic rings. The van der Waals surface area contributed by atoms with Crippen molar-refractivity contribution in [2.45, 2.75) is 13.5 Å². The zero-order chi connectivity index (χ0) is 18.0. The lowest BCUT2D eigenvalue weighted by molar-refractivity contribution is 0.708. The SMILES string of the molecule is CCn1c(/C=C/c2ccc(N(C)C)cc2)nc2ccc(I)cc2c1=O. The van der Waals surface area contributed by atoms with Crippen LogP contribution in [-0.4, -0.2) is 23.6 Å². The van der Waals surface area contributed by atoms with Crippen LogP contribution in [-0.2, 0) is 6.54 Å². The summed E-state index contributed by atoms with van der Waals surface area (Å²) in [7, 11) is 4.04. The molecule has 0 fully saturated rings. The number of benzene rings is 2. The van der Waals surface area contributed by atoms with Crippen LogP contribution in [0, 0.1) is 3.57 Å². The van der Waals surface area contributed by atoms with Crippen molar-refractivity contribution in [1.29, 1.82) is 0 Å². The molecule has 4 nitrogen and oxygen atoms in total. The number of halogens is 1. The van der Waals surface area contributed by atoms with Gasteiger partial charge < -0.3 is 4.90 Å². The van der Waals surface area contributed by atoms with Gasteiger partial charge in [-0.05, 0) is 71.5 Å². The molecule has 0 bridgehead atoms. The summed E-state index contributed by atoms with van der Waals surface area (Å²) in [5.74, 6) is 0.679. The van der Waals surface area contributed by atoms with Gasteiger partial charge in [-0.3, -0.25) is 9.36 Å². The second-order valence-corrected chi connectivity index (χ2v) is 7.25. The van der Waals surface area contributed by atoms with Crippen LogP contribution in [0.1, 0.15) is 18.3 Å². The molecule has 3 aromatic rings. The fourth-order valence-electron chi connectivity index (χ4n) is 2.70. The Balaban J connectivity index is 2.03. The van der Waals surface area contributed by atoms with Crippen molar-refractivity contribution in [1.82, 2.24) is 9.55 Å². The molecule has 0 spiro atoms. The van der Waals surface area contributed by atoms with E-state index in [2.05, 4.69) is 56.7 Å². The van der Waals surface area contributed by atoms with Gasteiger partial charge in [0.2, 0.25) is 0 Å². The van der Waals surface area contributed by atoms with Crippen molar-refractivity contribution >= 4 is 51.3 Å². The van der Waals surface area contributed by atoms with E-state index in [1.165, 1.54) is 0 Å². The van der Waals surface area contributed by atoms with E-state index in [1.807, 2.05) is 51.4 Å². The van der Waals surface area contributed by atoms with Crippen LogP contribution in [0.4, 0.5) is 5.69 Å². The van der Waals surface area contributed by atoms with Gasteiger partial charge in [0.1, 0.15) is 5.82 Å². The Labute approximate surface area is 161 Å². The molecule has 1 heterocycles. The van der Waals surface area contributed by atoms with E-state index in [-0.39, 0.29) is 5.56 Å². The lowest BCUT2D eigenvalue weighted by Crippen LogP contribution is -2.23. The van der Waals surface area contributed by atoms with Crippen LogP contribution in [0.2, 0.25) is 0 Å². The Morgan fingerprint density at radius 3 is 2.48 bits per heavy atom. The van der Waals surface area contributed by atoms with E-state index in [4.69, 9.17) is 0 Å². The van der Waals surface area contributed by atoms with Gasteiger partial charge in [-0.1, -0.05) is 18.2 Å². The number of rotatable bonds is 4. The Hall–Kier alpha value is -2.15. The van der Waals surface area contributed by atoms with Crippen molar-refractivity contribution in [3.63, 3.8) is 0 Å². The monoisotopic (exact) mass is 445 g/mol. The second kappa shape index (κ2) is 7.39. The summed E-state index contributed by atoms with van der Waals surface area (Å²) in [6.45, 7) is 2.55. The van der Waals surface area contributed by atoms with Gasteiger partial charge in [0.15, 0.2) is 0 Å². The summed E-state index contributed by atoms with van der Waals surface area (Å²) in [6.07, 6.45) is 3.90. The lowest BCUT2D eigenvalue weighted by Gasteiger charge is -2.12. The minimum Gasteiger partial charge on any atom is -0.378 e. The van der Waals surface area contributed by atoms with E-state index in [1.54, 1.807) is 4.57 Å². The maximum Gasteiger partial charge on any atom is 0.261 e. The molecule has 0 radical (unpaired) electrons. The van der Waals surface area contributed by atoms with Crippen LogP contribution >= 0.6 is 22.6 Å². The molecule has 0 saturated heterocycles. The van der Waals surface area contributed by atoms with E-state index in [9.17, 15) is 4.79 Å². The highest BCUT2D eigenvalue weighted by atomic mass is 127. The maximum absolute atomic E-state index is 12.7. The summed E-state index contributed by atoms with van der Waals surface area (Å²) in [4.78, 5) is 19.5. The van der Waals surface area contributed by atoms with Crippen molar-refractivity contribution in [2.24, 2.45) is 0 Å². The molecule has 5 heteroatoms. The molecule has 0 aliphatic carbocycles. The van der Waals surface area contributed by atoms with E-state index < -0.39 is 0 Å². The minimum atomic E-state index is 0.00798. The third kappa shape index (κ3) is 3.76. The van der Waals surface area contributed by atoms with Gasteiger partial charge in [-0.15, -0.1) is 0 Å². The average molecular weight is 445 g/mol. The Morgan fingerprint density at radius 1 is 1.12 bits per heavy atom. The summed E-state index contributed by atoms with van der Waals surface area (Å²) >= 11 is 2.22. The van der Waals surface area contributed by atoms with Crippen LogP contribution in [0.25, 0.3) is 23.1 Å². The van der Waals surface area contributed by atoms with Gasteiger partial charge in [-0.25, -0.2) is 4.98 Å². The third-order valence-corrected chi connectivity index (χ3v) is 4.77. The van der Waals surface area contributed by atoms with Gasteiger partial charge in [0.25, 0.3) is 5.56 Å². The predicted molar refractivity (Wildman–Crippen MR) is 114 cm³/mol. The second-order valence-electron chi connectivity index (χ2n) is 6.00. The molecule has 0 saturated carbocycles. The molecule has 0 amide bonds. The molecular weight excluding hydrogens is 425 g/mol. The first-order valence-corrected chi connectivity index (χ1v) is 9.23. The zero-order valence-corrected chi connectivity index (χ0v) is 16.7. The van der Waals surface area contributed by atoms with E-state index in [0.29, 0.717) is 17.8 Å². The minimum absolute atomic E-state index is 0.00798. The predicted octanol–water partition coefficient (Wildman–Crippen LogP) is 4.26. The molecule has 128 valence electrons. The number of fused-ring (bicyclic) bond motifs is 1. The highest BCUT2D eigenvalue weighted by molar-refractivity contribution is 14.1. The van der Waals surface area contributed by atoms with Gasteiger partial charge in [0, 0.05) is 29.9 Å². The van der Waals surface area contributed by atoms with Crippen molar-refractivity contribution in [3.05, 3.63) is 67.8 Å². The smallest absolute Gasteiger partial charge is 0.261 e. The molecule has 3 rings (SSSR count). The lowest BCUT2D eigenvalue weighted by atomic mass is 10.2. The van der Waals surface area contributed by atoms with Crippen molar-refractivity contribution in [2.75, 3.05) is 19.0 Å². The third-order valence-electron chi connectivity index (χ3n) is 4.10. The fourth-order valence-corrected chi connectivity index (χ4v) is 3.19. The highest BCUT2D eigenvalue weighted by Crippen LogP contribution is 2.16. The zero-order valence-electron chi connectivity index (χ0n) is 14.5. The Bertz CT molecular complexity index is 988. The number of hydrogen-bond acceptors (Lipinski definition) is 3. The molecule has 0 N–H and O–H groups in total. The quantitative estimate of drug-likeness (QED) is 0.564. The fraction of sp³-hybridized carbons (Fsp3) is 0.200. The molecule has 1 aromatic heterocycles. The number of anilines is 1. The summed E-state index contributed by atoms with van der Waals surface area (Å²) in [5.41, 5.74) is 2.97. The first-order chi connectivity index (χ1) is 12.0. The number of nitrogens with zero attached hydrogens (tertiary/aromatic N) is 3. The molecule has 25 heavy (non-hydrogen) atoms. The molecular formula is C20H20IN3O. The van der Waals surface area contributed by atoms with E-state index >= 15 is 0 Å². The van der Waals surface area contributed by atoms with Gasteiger partial charge in [-0.2, -0.15) is 0 Å². The first-order valence-electron chi connectivity index (χ1n) is 8.15. The number of aromatic nitrogens is 2. The molecule has 0 aliphatic heterocycles. The largest absolute Gasteiger partial charge is 0.378 e. The van der Waals surface area contributed by atoms with E-state index in [0.717, 1.165) is 20.3 Å². The first kappa shape index (κ1) is 17.7. The summed E-state index contributed by atoms with van der Waals surface area (Å²) in [6, 6.07) is 14.0. The topological polar surface area (TPSA) is 38.1 Å². The van der Waals surface area contributed by atoms with Crippen molar-refractivity contribution in [3.8, 4) is 0 Å². The molecule has 0 atom stereocenters. The van der Waals surface area contributed by atoms with Crippen molar-refractivity contribution < 1.29 is 0 Å². The summed E-state index contributed by atoms with van der Waals surface area (Å²) in [5, 5.41) is 0.668. The number of hydrogen-bond donors (Lipinski definition) is 0. The van der Waals surface area contributed by atoms with Crippen LogP contribution in [0.5, 0.6) is 0 Å². The van der Waals surface area contributed by atoms with Crippen LogP contribution in [0.15, 0.2) is 47.3 Å². The standard InChI is InChI=1S/C20H20IN3O/c1-4-24-19(12-7-14-5-9-16(10-6-14)23(2)3)22-18-11-8-15(21)13-17(18)20(24)25/h5-13H,4H2,1-3H3/b12-7+.